The molecule has 0 aliphatic rings. The summed E-state index contributed by atoms with van der Waals surface area (Å²) in [6, 6.07) is 4.27. The molecule has 4 nitrogen and oxygen atoms in total. The maximum atomic E-state index is 10.1. The van der Waals surface area contributed by atoms with E-state index in [2.05, 4.69) is 0 Å². The van der Waals surface area contributed by atoms with Gasteiger partial charge in [0.05, 0.1) is 6.10 Å². The van der Waals surface area contributed by atoms with Crippen molar-refractivity contribution in [3.63, 3.8) is 0 Å². The second-order valence-electron chi connectivity index (χ2n) is 7.01. The molecule has 4 heteroatoms. The van der Waals surface area contributed by atoms with Gasteiger partial charge in [-0.2, -0.15) is 0 Å². The molecule has 1 aromatic carbocycles. The summed E-state index contributed by atoms with van der Waals surface area (Å²) >= 11 is 0. The highest BCUT2D eigenvalue weighted by molar-refractivity contribution is 5.39. The van der Waals surface area contributed by atoms with Gasteiger partial charge in [-0.1, -0.05) is 70.6 Å². The van der Waals surface area contributed by atoms with Crippen LogP contribution in [0.4, 0.5) is 0 Å². The first-order valence-corrected chi connectivity index (χ1v) is 9.96. The average molecular weight is 353 g/mol. The van der Waals surface area contributed by atoms with Crippen molar-refractivity contribution in [1.29, 1.82) is 0 Å². The van der Waals surface area contributed by atoms with Gasteiger partial charge in [-0.3, -0.25) is 0 Å². The van der Waals surface area contributed by atoms with Gasteiger partial charge in [-0.25, -0.2) is 0 Å². The largest absolute Gasteiger partial charge is 0.508 e. The summed E-state index contributed by atoms with van der Waals surface area (Å²) in [5.41, 5.74) is 0.416. The van der Waals surface area contributed by atoms with Gasteiger partial charge < -0.3 is 20.4 Å². The van der Waals surface area contributed by atoms with Crippen LogP contribution in [0.3, 0.4) is 0 Å². The molecule has 0 saturated heterocycles. The lowest BCUT2D eigenvalue weighted by Gasteiger charge is -2.12. The van der Waals surface area contributed by atoms with E-state index in [-0.39, 0.29) is 11.5 Å². The molecule has 0 aliphatic heterocycles. The number of rotatable bonds is 15. The molecule has 0 bridgehead atoms. The molecule has 1 unspecified atom stereocenters. The molecule has 0 spiro atoms. The number of benzene rings is 1. The molecular formula is C21H36O4. The molecule has 0 aromatic heterocycles. The van der Waals surface area contributed by atoms with Crippen LogP contribution in [0.5, 0.6) is 11.5 Å². The Morgan fingerprint density at radius 2 is 1.16 bits per heavy atom. The molecule has 0 radical (unpaired) electrons. The van der Waals surface area contributed by atoms with Crippen molar-refractivity contribution < 1.29 is 20.4 Å². The Bertz CT molecular complexity index is 448. The van der Waals surface area contributed by atoms with E-state index in [0.717, 1.165) is 25.7 Å². The molecule has 0 saturated carbocycles. The van der Waals surface area contributed by atoms with Crippen LogP contribution in [0.25, 0.3) is 0 Å². The van der Waals surface area contributed by atoms with Crippen molar-refractivity contribution in [2.75, 3.05) is 6.61 Å². The van der Waals surface area contributed by atoms with Gasteiger partial charge in [0.25, 0.3) is 0 Å². The fraction of sp³-hybridized carbons (Fsp3) is 0.714. The maximum absolute atomic E-state index is 10.1. The van der Waals surface area contributed by atoms with Crippen molar-refractivity contribution >= 4 is 0 Å². The van der Waals surface area contributed by atoms with Gasteiger partial charge in [-0.15, -0.1) is 0 Å². The van der Waals surface area contributed by atoms with Gasteiger partial charge in [0, 0.05) is 12.2 Å². The minimum absolute atomic E-state index is 0.0432. The smallest absolute Gasteiger partial charge is 0.121 e. The van der Waals surface area contributed by atoms with Crippen molar-refractivity contribution in [1.82, 2.24) is 0 Å². The maximum Gasteiger partial charge on any atom is 0.121 e. The Balaban J connectivity index is 1.94. The van der Waals surface area contributed by atoms with E-state index < -0.39 is 6.10 Å². The second-order valence-corrected chi connectivity index (χ2v) is 7.01. The van der Waals surface area contributed by atoms with E-state index in [1.807, 2.05) is 0 Å². The highest BCUT2D eigenvalue weighted by Crippen LogP contribution is 2.30. The van der Waals surface area contributed by atoms with Crippen LogP contribution in [0.1, 0.15) is 95.1 Å². The third-order valence-corrected chi connectivity index (χ3v) is 4.76. The van der Waals surface area contributed by atoms with Crippen LogP contribution in [-0.4, -0.2) is 27.0 Å². The third kappa shape index (κ3) is 10.4. The number of hydrogen-bond donors (Lipinski definition) is 4. The SMILES string of the molecule is OCCCCCCCCCCCCCCC(O)c1cc(O)ccc1O. The Morgan fingerprint density at radius 1 is 0.680 bits per heavy atom. The number of phenolic OH excluding ortho intramolecular Hbond substituents is 2. The molecule has 0 fully saturated rings. The monoisotopic (exact) mass is 352 g/mol. The molecule has 25 heavy (non-hydrogen) atoms. The van der Waals surface area contributed by atoms with Gasteiger partial charge in [0.1, 0.15) is 11.5 Å². The summed E-state index contributed by atoms with van der Waals surface area (Å²) in [6.45, 7) is 0.325. The first kappa shape index (κ1) is 21.8. The van der Waals surface area contributed by atoms with Crippen LogP contribution < -0.4 is 0 Å². The molecule has 0 amide bonds. The van der Waals surface area contributed by atoms with Crippen molar-refractivity contribution in [3.8, 4) is 11.5 Å². The van der Waals surface area contributed by atoms with E-state index in [1.165, 1.54) is 69.6 Å². The topological polar surface area (TPSA) is 80.9 Å². The van der Waals surface area contributed by atoms with E-state index in [0.29, 0.717) is 18.6 Å². The predicted molar refractivity (Wildman–Crippen MR) is 102 cm³/mol. The first-order chi connectivity index (χ1) is 12.1. The molecule has 0 heterocycles. The van der Waals surface area contributed by atoms with E-state index in [4.69, 9.17) is 5.11 Å². The highest BCUT2D eigenvalue weighted by Gasteiger charge is 2.12. The first-order valence-electron chi connectivity index (χ1n) is 9.96. The summed E-state index contributed by atoms with van der Waals surface area (Å²) in [7, 11) is 0. The van der Waals surface area contributed by atoms with E-state index in [1.54, 1.807) is 0 Å². The number of aliphatic hydroxyl groups is 2. The molecule has 1 atom stereocenters. The predicted octanol–water partition coefficient (Wildman–Crippen LogP) is 5.19. The fourth-order valence-corrected chi connectivity index (χ4v) is 3.18. The lowest BCUT2D eigenvalue weighted by atomic mass is 10.0. The van der Waals surface area contributed by atoms with Gasteiger partial charge in [-0.05, 0) is 31.0 Å². The zero-order chi connectivity index (χ0) is 18.3. The van der Waals surface area contributed by atoms with Crippen molar-refractivity contribution in [2.45, 2.75) is 89.6 Å². The molecule has 4 N–H and O–H groups in total. The summed E-state index contributed by atoms with van der Waals surface area (Å²) in [6.07, 6.45) is 14.2. The van der Waals surface area contributed by atoms with Crippen molar-refractivity contribution in [2.24, 2.45) is 0 Å². The summed E-state index contributed by atoms with van der Waals surface area (Å²) < 4.78 is 0. The summed E-state index contributed by atoms with van der Waals surface area (Å²) in [5, 5.41) is 38.0. The lowest BCUT2D eigenvalue weighted by Crippen LogP contribution is -1.98. The van der Waals surface area contributed by atoms with Crippen LogP contribution in [0.2, 0.25) is 0 Å². The van der Waals surface area contributed by atoms with Crippen LogP contribution in [0, 0.1) is 0 Å². The zero-order valence-corrected chi connectivity index (χ0v) is 15.5. The number of aliphatic hydroxyl groups excluding tert-OH is 2. The molecular weight excluding hydrogens is 316 g/mol. The van der Waals surface area contributed by atoms with Gasteiger partial charge in [0.2, 0.25) is 0 Å². The molecule has 0 aliphatic carbocycles. The average Bonchev–Trinajstić information content (AvgIpc) is 2.61. The standard InChI is InChI=1S/C21H36O4/c22-16-12-10-8-6-4-2-1-3-5-7-9-11-13-20(24)19-17-18(23)14-15-21(19)25/h14-15,17,20,22-25H,1-13,16H2. The lowest BCUT2D eigenvalue weighted by molar-refractivity contribution is 0.159. The van der Waals surface area contributed by atoms with Gasteiger partial charge >= 0.3 is 0 Å². The Hall–Kier alpha value is -1.26. The van der Waals surface area contributed by atoms with Crippen LogP contribution in [-0.2, 0) is 0 Å². The van der Waals surface area contributed by atoms with E-state index in [9.17, 15) is 15.3 Å². The quantitative estimate of drug-likeness (QED) is 0.258. The zero-order valence-electron chi connectivity index (χ0n) is 15.5. The molecule has 1 aromatic rings. The molecule has 1 rings (SSSR count). The second kappa shape index (κ2) is 14.0. The summed E-state index contributed by atoms with van der Waals surface area (Å²) in [5.74, 6) is 0.113. The number of aromatic hydroxyl groups is 2. The van der Waals surface area contributed by atoms with Crippen molar-refractivity contribution in [3.05, 3.63) is 23.8 Å². The fourth-order valence-electron chi connectivity index (χ4n) is 3.18. The molecule has 144 valence electrons. The van der Waals surface area contributed by atoms with E-state index >= 15 is 0 Å². The Labute approximate surface area is 152 Å². The highest BCUT2D eigenvalue weighted by atomic mass is 16.3. The minimum atomic E-state index is -0.710. The normalized spacial score (nSPS) is 12.4. The number of hydrogen-bond acceptors (Lipinski definition) is 4. The Kier molecular flexibility index (Phi) is 12.2. The number of unbranched alkanes of at least 4 members (excludes halogenated alkanes) is 11. The van der Waals surface area contributed by atoms with Crippen LogP contribution >= 0.6 is 0 Å². The summed E-state index contributed by atoms with van der Waals surface area (Å²) in [4.78, 5) is 0. The third-order valence-electron chi connectivity index (χ3n) is 4.76. The Morgan fingerprint density at radius 3 is 1.68 bits per heavy atom. The van der Waals surface area contributed by atoms with Gasteiger partial charge in [0.15, 0.2) is 0 Å². The minimum Gasteiger partial charge on any atom is -0.508 e. The van der Waals surface area contributed by atoms with Crippen LogP contribution in [0.15, 0.2) is 18.2 Å². The number of phenols is 2.